The fraction of sp³-hybridized carbons (Fsp3) is 0.733. The van der Waals surface area contributed by atoms with Gasteiger partial charge in [-0.15, -0.1) is 0 Å². The first kappa shape index (κ1) is 16.0. The number of piperidine rings is 1. The van der Waals surface area contributed by atoms with E-state index >= 15 is 0 Å². The Morgan fingerprint density at radius 3 is 2.86 bits per heavy atom. The third kappa shape index (κ3) is 3.83. The molecule has 1 saturated heterocycles. The molecule has 1 aromatic heterocycles. The molecule has 1 aliphatic heterocycles. The number of nitrogens with zero attached hydrogens (tertiary/aromatic N) is 3. The van der Waals surface area contributed by atoms with Crippen LogP contribution in [0.15, 0.2) is 0 Å². The lowest BCUT2D eigenvalue weighted by Gasteiger charge is -2.34. The van der Waals surface area contributed by atoms with Crippen LogP contribution in [0.25, 0.3) is 0 Å². The number of anilines is 2. The second-order valence-corrected chi connectivity index (χ2v) is 5.52. The normalized spacial score (nSPS) is 18.9. The van der Waals surface area contributed by atoms with Gasteiger partial charge in [-0.2, -0.15) is 0 Å². The molecule has 1 aromatic rings. The molecule has 1 fully saturated rings. The highest BCUT2D eigenvalue weighted by Gasteiger charge is 2.24. The molecule has 0 saturated carbocycles. The van der Waals surface area contributed by atoms with Gasteiger partial charge in [-0.05, 0) is 26.2 Å². The van der Waals surface area contributed by atoms with Crippen molar-refractivity contribution < 1.29 is 4.74 Å². The summed E-state index contributed by atoms with van der Waals surface area (Å²) in [6.45, 7) is 8.94. The lowest BCUT2D eigenvalue weighted by molar-refractivity contribution is 0.0439. The third-order valence-corrected chi connectivity index (χ3v) is 3.85. The van der Waals surface area contributed by atoms with Gasteiger partial charge in [0.1, 0.15) is 17.5 Å². The van der Waals surface area contributed by atoms with Crippen molar-refractivity contribution in [2.45, 2.75) is 52.6 Å². The minimum atomic E-state index is 0.299. The van der Waals surface area contributed by atoms with Crippen LogP contribution in [0.3, 0.4) is 0 Å². The number of hydrazine groups is 1. The average molecular weight is 293 g/mol. The summed E-state index contributed by atoms with van der Waals surface area (Å²) in [4.78, 5) is 11.4. The van der Waals surface area contributed by atoms with Crippen LogP contribution < -0.4 is 16.2 Å². The molecule has 3 N–H and O–H groups in total. The minimum Gasteiger partial charge on any atom is -0.376 e. The van der Waals surface area contributed by atoms with E-state index in [0.29, 0.717) is 11.9 Å². The molecular weight excluding hydrogens is 266 g/mol. The number of aromatic nitrogens is 2. The molecular formula is C15H27N5O. The van der Waals surface area contributed by atoms with Crippen LogP contribution >= 0.6 is 0 Å². The zero-order chi connectivity index (χ0) is 15.2. The van der Waals surface area contributed by atoms with E-state index in [2.05, 4.69) is 29.2 Å². The summed E-state index contributed by atoms with van der Waals surface area (Å²) in [6, 6.07) is 0. The van der Waals surface area contributed by atoms with Gasteiger partial charge in [0.05, 0.1) is 6.10 Å². The van der Waals surface area contributed by atoms with Gasteiger partial charge in [-0.3, -0.25) is 0 Å². The fourth-order valence-corrected chi connectivity index (χ4v) is 2.71. The van der Waals surface area contributed by atoms with Crippen LogP contribution in [0.2, 0.25) is 0 Å². The maximum atomic E-state index is 5.91. The first-order valence-electron chi connectivity index (χ1n) is 7.90. The lowest BCUT2D eigenvalue weighted by Crippen LogP contribution is -2.41. The van der Waals surface area contributed by atoms with Gasteiger partial charge in [-0.1, -0.05) is 13.8 Å². The van der Waals surface area contributed by atoms with Gasteiger partial charge in [0.15, 0.2) is 0 Å². The number of aryl methyl sites for hydroxylation is 1. The van der Waals surface area contributed by atoms with Crippen molar-refractivity contribution in [1.82, 2.24) is 9.97 Å². The van der Waals surface area contributed by atoms with Gasteiger partial charge in [-0.25, -0.2) is 15.8 Å². The standard InChI is InChI=1S/C15H27N5O/c1-4-9-21-12-7-6-8-20(10-12)15-11(3)14(19-16)17-13(5-2)18-15/h12H,4-10,16H2,1-3H3,(H,17,18,19). The Labute approximate surface area is 127 Å². The first-order valence-corrected chi connectivity index (χ1v) is 7.90. The molecule has 6 nitrogen and oxygen atoms in total. The number of ether oxygens (including phenoxy) is 1. The predicted molar refractivity (Wildman–Crippen MR) is 85.4 cm³/mol. The molecule has 0 spiro atoms. The van der Waals surface area contributed by atoms with Crippen LogP contribution in [0.5, 0.6) is 0 Å². The maximum Gasteiger partial charge on any atom is 0.148 e. The zero-order valence-corrected chi connectivity index (χ0v) is 13.4. The molecule has 0 radical (unpaired) electrons. The van der Waals surface area contributed by atoms with Gasteiger partial charge in [0, 0.05) is 31.7 Å². The highest BCUT2D eigenvalue weighted by atomic mass is 16.5. The maximum absolute atomic E-state index is 5.91. The number of nitrogens with one attached hydrogen (secondary N) is 1. The van der Waals surface area contributed by atoms with Crippen molar-refractivity contribution in [2.75, 3.05) is 30.0 Å². The van der Waals surface area contributed by atoms with E-state index in [4.69, 9.17) is 15.6 Å². The van der Waals surface area contributed by atoms with E-state index in [0.717, 1.165) is 62.6 Å². The highest BCUT2D eigenvalue weighted by molar-refractivity contribution is 5.58. The summed E-state index contributed by atoms with van der Waals surface area (Å²) < 4.78 is 5.91. The predicted octanol–water partition coefficient (Wildman–Crippen LogP) is 2.03. The van der Waals surface area contributed by atoms with Crippen molar-refractivity contribution in [3.05, 3.63) is 11.4 Å². The summed E-state index contributed by atoms with van der Waals surface area (Å²) in [6.07, 6.45) is 4.41. The number of hydrogen-bond acceptors (Lipinski definition) is 6. The van der Waals surface area contributed by atoms with E-state index in [9.17, 15) is 0 Å². The van der Waals surface area contributed by atoms with Crippen molar-refractivity contribution >= 4 is 11.6 Å². The quantitative estimate of drug-likeness (QED) is 0.617. The summed E-state index contributed by atoms with van der Waals surface area (Å²) in [7, 11) is 0. The van der Waals surface area contributed by atoms with E-state index in [-0.39, 0.29) is 0 Å². The van der Waals surface area contributed by atoms with Crippen LogP contribution in [0.4, 0.5) is 11.6 Å². The molecule has 1 aliphatic rings. The Morgan fingerprint density at radius 1 is 1.38 bits per heavy atom. The summed E-state index contributed by atoms with van der Waals surface area (Å²) >= 11 is 0. The van der Waals surface area contributed by atoms with Gasteiger partial charge < -0.3 is 15.1 Å². The summed E-state index contributed by atoms with van der Waals surface area (Å²) in [5, 5.41) is 0. The van der Waals surface area contributed by atoms with Gasteiger partial charge >= 0.3 is 0 Å². The number of nitrogen functional groups attached to an aromatic ring is 1. The fourth-order valence-electron chi connectivity index (χ4n) is 2.71. The van der Waals surface area contributed by atoms with Crippen molar-refractivity contribution in [1.29, 1.82) is 0 Å². The molecule has 2 rings (SSSR count). The Morgan fingerprint density at radius 2 is 2.19 bits per heavy atom. The Kier molecular flexibility index (Phi) is 5.76. The van der Waals surface area contributed by atoms with Crippen LogP contribution in [0, 0.1) is 6.92 Å². The average Bonchev–Trinajstić information content (AvgIpc) is 2.53. The van der Waals surface area contributed by atoms with E-state index in [1.807, 2.05) is 6.92 Å². The molecule has 1 unspecified atom stereocenters. The molecule has 0 aromatic carbocycles. The molecule has 1 atom stereocenters. The van der Waals surface area contributed by atoms with E-state index < -0.39 is 0 Å². The smallest absolute Gasteiger partial charge is 0.148 e. The van der Waals surface area contributed by atoms with Crippen LogP contribution in [-0.2, 0) is 11.2 Å². The molecule has 118 valence electrons. The molecule has 0 bridgehead atoms. The number of nitrogens with two attached hydrogens (primary N) is 1. The summed E-state index contributed by atoms with van der Waals surface area (Å²) in [5.41, 5.74) is 3.69. The van der Waals surface area contributed by atoms with Gasteiger partial charge in [0.2, 0.25) is 0 Å². The Bertz CT molecular complexity index is 466. The van der Waals surface area contributed by atoms with Crippen LogP contribution in [0.1, 0.15) is 44.5 Å². The molecule has 0 aliphatic carbocycles. The number of hydrogen-bond donors (Lipinski definition) is 2. The second kappa shape index (κ2) is 7.56. The highest BCUT2D eigenvalue weighted by Crippen LogP contribution is 2.26. The monoisotopic (exact) mass is 293 g/mol. The second-order valence-electron chi connectivity index (χ2n) is 5.52. The van der Waals surface area contributed by atoms with E-state index in [1.54, 1.807) is 0 Å². The topological polar surface area (TPSA) is 76.3 Å². The lowest BCUT2D eigenvalue weighted by atomic mass is 10.1. The Balaban J connectivity index is 2.19. The summed E-state index contributed by atoms with van der Waals surface area (Å²) in [5.74, 6) is 8.10. The molecule has 21 heavy (non-hydrogen) atoms. The third-order valence-electron chi connectivity index (χ3n) is 3.85. The molecule has 0 amide bonds. The van der Waals surface area contributed by atoms with Crippen molar-refractivity contribution in [3.8, 4) is 0 Å². The first-order chi connectivity index (χ1) is 10.2. The van der Waals surface area contributed by atoms with Crippen molar-refractivity contribution in [2.24, 2.45) is 5.84 Å². The number of rotatable bonds is 6. The molecule has 2 heterocycles. The zero-order valence-electron chi connectivity index (χ0n) is 13.4. The largest absolute Gasteiger partial charge is 0.376 e. The minimum absolute atomic E-state index is 0.299. The Hall–Kier alpha value is -1.40. The van der Waals surface area contributed by atoms with Gasteiger partial charge in [0.25, 0.3) is 0 Å². The SMILES string of the molecule is CCCOC1CCCN(c2nc(CC)nc(NN)c2C)C1. The molecule has 6 heteroatoms. The van der Waals surface area contributed by atoms with Crippen molar-refractivity contribution in [3.63, 3.8) is 0 Å². The van der Waals surface area contributed by atoms with Crippen LogP contribution in [-0.4, -0.2) is 35.8 Å². The van der Waals surface area contributed by atoms with E-state index in [1.165, 1.54) is 0 Å².